The number of fused-ring (bicyclic) bond motifs is 3. The van der Waals surface area contributed by atoms with Crippen molar-refractivity contribution in [2.24, 2.45) is 7.05 Å². The third kappa shape index (κ3) is 4.04. The number of hydrogen-bond donors (Lipinski definition) is 3. The van der Waals surface area contributed by atoms with Crippen LogP contribution in [-0.2, 0) is 16.6 Å². The van der Waals surface area contributed by atoms with Crippen LogP contribution < -0.4 is 10.6 Å². The van der Waals surface area contributed by atoms with Crippen LogP contribution in [0.5, 0.6) is 0 Å². The lowest BCUT2D eigenvalue weighted by Gasteiger charge is -2.14. The predicted molar refractivity (Wildman–Crippen MR) is 116 cm³/mol. The summed E-state index contributed by atoms with van der Waals surface area (Å²) in [5.41, 5.74) is 4.44. The number of rotatable bonds is 6. The first kappa shape index (κ1) is 21.1. The highest BCUT2D eigenvalue weighted by Crippen LogP contribution is 2.44. The van der Waals surface area contributed by atoms with Gasteiger partial charge in [-0.2, -0.15) is 5.10 Å². The molecule has 0 saturated heterocycles. The Kier molecular flexibility index (Phi) is 5.63. The number of aliphatic carboxylic acids is 1. The number of carboxylic acid groups (broad SMARTS) is 1. The maximum Gasteiger partial charge on any atom is 0.411 e. The Morgan fingerprint density at radius 2 is 1.69 bits per heavy atom. The average molecular weight is 434 g/mol. The van der Waals surface area contributed by atoms with Gasteiger partial charge in [0.1, 0.15) is 12.6 Å². The number of anilines is 1. The van der Waals surface area contributed by atoms with E-state index in [4.69, 9.17) is 9.84 Å². The van der Waals surface area contributed by atoms with Gasteiger partial charge in [0.15, 0.2) is 5.69 Å². The Morgan fingerprint density at radius 1 is 1.09 bits per heavy atom. The molecule has 164 valence electrons. The minimum absolute atomic E-state index is 0.0961. The summed E-state index contributed by atoms with van der Waals surface area (Å²) >= 11 is 0. The fourth-order valence-corrected chi connectivity index (χ4v) is 3.82. The molecule has 0 aliphatic heterocycles. The summed E-state index contributed by atoms with van der Waals surface area (Å²) in [6.45, 7) is 1.46. The van der Waals surface area contributed by atoms with Crippen LogP contribution in [0.25, 0.3) is 11.1 Å². The number of carbonyl (C=O) groups excluding carboxylic acids is 2. The molecular formula is C23H22N4O5. The van der Waals surface area contributed by atoms with Crippen LogP contribution in [-0.4, -0.2) is 45.5 Å². The maximum atomic E-state index is 12.5. The van der Waals surface area contributed by atoms with E-state index in [0.717, 1.165) is 22.3 Å². The van der Waals surface area contributed by atoms with Crippen LogP contribution >= 0.6 is 0 Å². The SMILES string of the molecule is CC(NC(=O)c1nn(C)cc1NC(=O)OCC1c2ccccc2-c2ccccc21)C(=O)O. The second-order valence-corrected chi connectivity index (χ2v) is 7.55. The number of aryl methyl sites for hydroxylation is 1. The van der Waals surface area contributed by atoms with Crippen molar-refractivity contribution in [1.82, 2.24) is 15.1 Å². The van der Waals surface area contributed by atoms with E-state index < -0.39 is 24.0 Å². The molecule has 0 radical (unpaired) electrons. The number of amides is 2. The number of ether oxygens (including phenoxy) is 1. The number of aromatic nitrogens is 2. The zero-order valence-corrected chi connectivity index (χ0v) is 17.5. The van der Waals surface area contributed by atoms with Gasteiger partial charge in [-0.3, -0.25) is 19.6 Å². The van der Waals surface area contributed by atoms with E-state index in [1.165, 1.54) is 17.8 Å². The molecular weight excluding hydrogens is 412 g/mol. The number of carboxylic acids is 1. The fourth-order valence-electron chi connectivity index (χ4n) is 3.82. The van der Waals surface area contributed by atoms with Gasteiger partial charge in [0.2, 0.25) is 0 Å². The maximum absolute atomic E-state index is 12.5. The van der Waals surface area contributed by atoms with Gasteiger partial charge in [-0.05, 0) is 29.2 Å². The van der Waals surface area contributed by atoms with E-state index in [-0.39, 0.29) is 23.9 Å². The molecule has 3 N–H and O–H groups in total. The van der Waals surface area contributed by atoms with Crippen molar-refractivity contribution in [2.45, 2.75) is 18.9 Å². The van der Waals surface area contributed by atoms with Crippen LogP contribution in [0.1, 0.15) is 34.5 Å². The zero-order chi connectivity index (χ0) is 22.8. The van der Waals surface area contributed by atoms with Crippen molar-refractivity contribution in [3.8, 4) is 11.1 Å². The predicted octanol–water partition coefficient (Wildman–Crippen LogP) is 2.98. The monoisotopic (exact) mass is 434 g/mol. The largest absolute Gasteiger partial charge is 0.480 e. The molecule has 3 aromatic rings. The van der Waals surface area contributed by atoms with Crippen LogP contribution in [0.4, 0.5) is 10.5 Å². The van der Waals surface area contributed by atoms with Crippen LogP contribution in [0, 0.1) is 0 Å². The van der Waals surface area contributed by atoms with E-state index in [2.05, 4.69) is 15.7 Å². The second kappa shape index (κ2) is 8.54. The molecule has 1 aliphatic rings. The molecule has 9 heteroatoms. The Labute approximate surface area is 184 Å². The number of nitrogens with zero attached hydrogens (tertiary/aromatic N) is 2. The smallest absolute Gasteiger partial charge is 0.411 e. The van der Waals surface area contributed by atoms with Gasteiger partial charge >= 0.3 is 12.1 Å². The number of hydrogen-bond acceptors (Lipinski definition) is 5. The summed E-state index contributed by atoms with van der Waals surface area (Å²) in [7, 11) is 1.58. The molecule has 32 heavy (non-hydrogen) atoms. The van der Waals surface area contributed by atoms with Crippen molar-refractivity contribution >= 4 is 23.7 Å². The normalized spacial score (nSPS) is 13.1. The molecule has 0 fully saturated rings. The average Bonchev–Trinajstić information content (AvgIpc) is 3.29. The van der Waals surface area contributed by atoms with Crippen molar-refractivity contribution < 1.29 is 24.2 Å². The number of carbonyl (C=O) groups is 3. The van der Waals surface area contributed by atoms with E-state index in [1.807, 2.05) is 48.5 Å². The highest BCUT2D eigenvalue weighted by atomic mass is 16.5. The zero-order valence-electron chi connectivity index (χ0n) is 17.5. The lowest BCUT2D eigenvalue weighted by atomic mass is 9.98. The summed E-state index contributed by atoms with van der Waals surface area (Å²) in [6.07, 6.45) is 0.710. The summed E-state index contributed by atoms with van der Waals surface area (Å²) < 4.78 is 6.84. The molecule has 2 amide bonds. The third-order valence-electron chi connectivity index (χ3n) is 5.34. The number of benzene rings is 2. The summed E-state index contributed by atoms with van der Waals surface area (Å²) in [4.78, 5) is 35.9. The van der Waals surface area contributed by atoms with Crippen molar-refractivity contribution in [2.75, 3.05) is 11.9 Å². The first-order chi connectivity index (χ1) is 15.3. The minimum Gasteiger partial charge on any atom is -0.480 e. The first-order valence-electron chi connectivity index (χ1n) is 10.0. The standard InChI is InChI=1S/C23H22N4O5/c1-13(22(29)30)24-21(28)20-19(11-27(2)26-20)25-23(31)32-12-18-16-9-5-3-7-14(16)15-8-4-6-10-17(15)18/h3-11,13,18H,12H2,1-2H3,(H,24,28)(H,25,31)(H,29,30). The van der Waals surface area contributed by atoms with Gasteiger partial charge < -0.3 is 15.2 Å². The molecule has 2 aromatic carbocycles. The molecule has 0 saturated carbocycles. The first-order valence-corrected chi connectivity index (χ1v) is 10.0. The summed E-state index contributed by atoms with van der Waals surface area (Å²) in [6, 6.07) is 14.9. The Morgan fingerprint density at radius 3 is 2.28 bits per heavy atom. The van der Waals surface area contributed by atoms with Crippen molar-refractivity contribution in [3.05, 3.63) is 71.5 Å². The van der Waals surface area contributed by atoms with Crippen molar-refractivity contribution in [1.29, 1.82) is 0 Å². The summed E-state index contributed by atoms with van der Waals surface area (Å²) in [5.74, 6) is -1.99. The third-order valence-corrected chi connectivity index (χ3v) is 5.34. The Bertz CT molecular complexity index is 1160. The molecule has 0 spiro atoms. The molecule has 1 atom stereocenters. The molecule has 1 heterocycles. The van der Waals surface area contributed by atoms with Gasteiger partial charge in [-0.15, -0.1) is 0 Å². The molecule has 1 aromatic heterocycles. The highest BCUT2D eigenvalue weighted by Gasteiger charge is 2.29. The molecule has 4 rings (SSSR count). The minimum atomic E-state index is -1.18. The topological polar surface area (TPSA) is 123 Å². The van der Waals surface area contributed by atoms with E-state index >= 15 is 0 Å². The molecule has 1 unspecified atom stereocenters. The van der Waals surface area contributed by atoms with Gasteiger partial charge in [-0.25, -0.2) is 4.79 Å². The quantitative estimate of drug-likeness (QED) is 0.548. The van der Waals surface area contributed by atoms with Crippen LogP contribution in [0.15, 0.2) is 54.7 Å². The van der Waals surface area contributed by atoms with Crippen LogP contribution in [0.2, 0.25) is 0 Å². The van der Waals surface area contributed by atoms with Gasteiger partial charge in [-0.1, -0.05) is 48.5 Å². The fraction of sp³-hybridized carbons (Fsp3) is 0.217. The van der Waals surface area contributed by atoms with Gasteiger partial charge in [0.25, 0.3) is 5.91 Å². The molecule has 9 nitrogen and oxygen atoms in total. The Hall–Kier alpha value is -4.14. The summed E-state index contributed by atoms with van der Waals surface area (Å²) in [5, 5.41) is 17.8. The van der Waals surface area contributed by atoms with Gasteiger partial charge in [0, 0.05) is 19.2 Å². The van der Waals surface area contributed by atoms with E-state index in [0.29, 0.717) is 0 Å². The van der Waals surface area contributed by atoms with Crippen LogP contribution in [0.3, 0.4) is 0 Å². The van der Waals surface area contributed by atoms with Crippen molar-refractivity contribution in [3.63, 3.8) is 0 Å². The van der Waals surface area contributed by atoms with E-state index in [1.54, 1.807) is 7.05 Å². The molecule has 0 bridgehead atoms. The van der Waals surface area contributed by atoms with E-state index in [9.17, 15) is 14.4 Å². The lowest BCUT2D eigenvalue weighted by molar-refractivity contribution is -0.138. The molecule has 1 aliphatic carbocycles. The second-order valence-electron chi connectivity index (χ2n) is 7.55. The lowest BCUT2D eigenvalue weighted by Crippen LogP contribution is -2.38. The highest BCUT2D eigenvalue weighted by molar-refractivity contribution is 6.02. The van der Waals surface area contributed by atoms with Gasteiger partial charge in [0.05, 0.1) is 5.69 Å². The Balaban J connectivity index is 1.46. The number of nitrogens with one attached hydrogen (secondary N) is 2.